The molecule has 0 aromatic rings. The number of allylic oxidation sites excluding steroid dienone is 8. The first kappa shape index (κ1) is 13.3. The van der Waals surface area contributed by atoms with Gasteiger partial charge in [0.2, 0.25) is 0 Å². The molecular formula is C16H22Zr. The van der Waals surface area contributed by atoms with Gasteiger partial charge >= 0.3 is 118 Å². The van der Waals surface area contributed by atoms with E-state index in [4.69, 9.17) is 0 Å². The Bertz CT molecular complexity index is 436. The topological polar surface area (TPSA) is 0 Å². The summed E-state index contributed by atoms with van der Waals surface area (Å²) >= 11 is -0.603. The Morgan fingerprint density at radius 1 is 0.824 bits per heavy atom. The van der Waals surface area contributed by atoms with Crippen molar-refractivity contribution in [1.29, 1.82) is 0 Å². The van der Waals surface area contributed by atoms with Crippen molar-refractivity contribution in [3.05, 3.63) is 46.6 Å². The van der Waals surface area contributed by atoms with E-state index < -0.39 is 23.2 Å². The molecule has 0 aromatic carbocycles. The van der Waals surface area contributed by atoms with Gasteiger partial charge in [-0.1, -0.05) is 0 Å². The van der Waals surface area contributed by atoms with Crippen molar-refractivity contribution in [2.75, 3.05) is 0 Å². The van der Waals surface area contributed by atoms with E-state index >= 15 is 0 Å². The molecule has 0 aliphatic heterocycles. The molecule has 1 heteroatoms. The van der Waals surface area contributed by atoms with Crippen molar-refractivity contribution in [3.8, 4) is 0 Å². The van der Waals surface area contributed by atoms with E-state index in [2.05, 4.69) is 65.8 Å². The molecule has 0 atom stereocenters. The Morgan fingerprint density at radius 2 is 1.24 bits per heavy atom. The van der Waals surface area contributed by atoms with Crippen molar-refractivity contribution in [1.82, 2.24) is 0 Å². The predicted octanol–water partition coefficient (Wildman–Crippen LogP) is 5.24. The van der Waals surface area contributed by atoms with E-state index in [9.17, 15) is 0 Å². The van der Waals surface area contributed by atoms with E-state index in [1.54, 1.807) is 22.3 Å². The van der Waals surface area contributed by atoms with E-state index in [0.717, 1.165) is 0 Å². The zero-order chi connectivity index (χ0) is 12.8. The zero-order valence-electron chi connectivity index (χ0n) is 11.8. The molecule has 0 radical (unpaired) electrons. The summed E-state index contributed by atoms with van der Waals surface area (Å²) in [7, 11) is 0. The molecule has 2 aliphatic rings. The Balaban J connectivity index is 2.39. The molecule has 0 saturated heterocycles. The van der Waals surface area contributed by atoms with Gasteiger partial charge in [0.15, 0.2) is 0 Å². The minimum absolute atomic E-state index is 0.394. The second kappa shape index (κ2) is 4.20. The summed E-state index contributed by atoms with van der Waals surface area (Å²) in [5, 5.41) is 0. The Labute approximate surface area is 117 Å². The van der Waals surface area contributed by atoms with Gasteiger partial charge in [0.25, 0.3) is 0 Å². The second-order valence-electron chi connectivity index (χ2n) is 5.75. The van der Waals surface area contributed by atoms with Gasteiger partial charge < -0.3 is 0 Å². The summed E-state index contributed by atoms with van der Waals surface area (Å²) in [4.78, 5) is 0. The standard InChI is InChI=1S/C10H15.C6H7.Zr/c1-6-7(2)9(4)10(5)8(6)3;1-6-4-2-3-5-6;/h1-5H3;2-5H,1H3;. The van der Waals surface area contributed by atoms with E-state index in [1.807, 2.05) is 0 Å². The van der Waals surface area contributed by atoms with Gasteiger partial charge in [-0.2, -0.15) is 0 Å². The van der Waals surface area contributed by atoms with Crippen LogP contribution in [0.15, 0.2) is 46.6 Å². The summed E-state index contributed by atoms with van der Waals surface area (Å²) in [6.07, 6.45) is 9.26. The number of hydrogen-bond donors (Lipinski definition) is 0. The molecule has 0 spiro atoms. The van der Waals surface area contributed by atoms with Crippen LogP contribution in [0.4, 0.5) is 0 Å². The van der Waals surface area contributed by atoms with Crippen LogP contribution in [0.2, 0.25) is 6.25 Å². The van der Waals surface area contributed by atoms with Crippen LogP contribution >= 0.6 is 0 Å². The molecule has 90 valence electrons. The van der Waals surface area contributed by atoms with Gasteiger partial charge in [0, 0.05) is 0 Å². The molecule has 17 heavy (non-hydrogen) atoms. The SMILES string of the molecule is CC1=C(C)[C](C)([Zr][C]2(C)C=CC=C2)C(C)=C1C. The normalized spacial score (nSPS) is 25.1. The van der Waals surface area contributed by atoms with Gasteiger partial charge in [0.1, 0.15) is 0 Å². The van der Waals surface area contributed by atoms with Crippen molar-refractivity contribution in [2.24, 2.45) is 0 Å². The predicted molar refractivity (Wildman–Crippen MR) is 71.8 cm³/mol. The maximum absolute atomic E-state index is 2.48. The Hall–Kier alpha value is -0.157. The molecule has 0 bridgehead atoms. The third-order valence-corrected chi connectivity index (χ3v) is 9.92. The molecule has 0 heterocycles. The fraction of sp³-hybridized carbons (Fsp3) is 0.500. The van der Waals surface area contributed by atoms with Crippen LogP contribution in [0, 0.1) is 0 Å². The van der Waals surface area contributed by atoms with Gasteiger partial charge in [-0.25, -0.2) is 0 Å². The van der Waals surface area contributed by atoms with Gasteiger partial charge in [-0.3, -0.25) is 0 Å². The Kier molecular flexibility index (Phi) is 3.28. The average Bonchev–Trinajstić information content (AvgIpc) is 2.75. The maximum atomic E-state index is 2.48. The minimum atomic E-state index is -0.603. The monoisotopic (exact) mass is 304 g/mol. The number of hydrogen-bond acceptors (Lipinski definition) is 0. The summed E-state index contributed by atoms with van der Waals surface area (Å²) in [5.41, 5.74) is 6.35. The fourth-order valence-corrected chi connectivity index (χ4v) is 8.34. The third kappa shape index (κ3) is 2.01. The van der Waals surface area contributed by atoms with Crippen molar-refractivity contribution < 1.29 is 23.2 Å². The first-order chi connectivity index (χ1) is 7.80. The molecular weight excluding hydrogens is 283 g/mol. The van der Waals surface area contributed by atoms with Crippen molar-refractivity contribution in [2.45, 2.75) is 47.8 Å². The Morgan fingerprint density at radius 3 is 1.65 bits per heavy atom. The van der Waals surface area contributed by atoms with Crippen LogP contribution in [0.1, 0.15) is 41.5 Å². The third-order valence-electron chi connectivity index (χ3n) is 4.70. The second-order valence-corrected chi connectivity index (χ2v) is 11.5. The molecule has 0 fully saturated rings. The van der Waals surface area contributed by atoms with E-state index in [1.165, 1.54) is 0 Å². The summed E-state index contributed by atoms with van der Waals surface area (Å²) in [6, 6.07) is 0. The molecule has 0 N–H and O–H groups in total. The quantitative estimate of drug-likeness (QED) is 0.654. The van der Waals surface area contributed by atoms with Crippen LogP contribution < -0.4 is 0 Å². The molecule has 2 aliphatic carbocycles. The van der Waals surface area contributed by atoms with Crippen LogP contribution in [0.5, 0.6) is 0 Å². The molecule has 0 amide bonds. The van der Waals surface area contributed by atoms with Crippen LogP contribution in [0.3, 0.4) is 0 Å². The van der Waals surface area contributed by atoms with Crippen LogP contribution in [-0.2, 0) is 23.2 Å². The molecule has 0 unspecified atom stereocenters. The number of rotatable bonds is 2. The van der Waals surface area contributed by atoms with Gasteiger partial charge in [0.05, 0.1) is 0 Å². The molecule has 2 rings (SSSR count). The van der Waals surface area contributed by atoms with Crippen molar-refractivity contribution >= 4 is 0 Å². The summed E-state index contributed by atoms with van der Waals surface area (Å²) < 4.78 is 0.802. The first-order valence-corrected chi connectivity index (χ1v) is 8.79. The fourth-order valence-electron chi connectivity index (χ4n) is 2.97. The first-order valence-electron chi connectivity index (χ1n) is 6.33. The van der Waals surface area contributed by atoms with E-state index in [0.29, 0.717) is 6.25 Å². The van der Waals surface area contributed by atoms with Gasteiger partial charge in [-0.15, -0.1) is 0 Å². The summed E-state index contributed by atoms with van der Waals surface area (Å²) in [5.74, 6) is 0. The molecule has 0 nitrogen and oxygen atoms in total. The molecule has 0 aromatic heterocycles. The van der Waals surface area contributed by atoms with Gasteiger partial charge in [-0.05, 0) is 0 Å². The van der Waals surface area contributed by atoms with Crippen LogP contribution in [0.25, 0.3) is 0 Å². The van der Waals surface area contributed by atoms with Crippen molar-refractivity contribution in [3.63, 3.8) is 0 Å². The summed E-state index contributed by atoms with van der Waals surface area (Å²) in [6.45, 7) is 14.2. The van der Waals surface area contributed by atoms with E-state index in [-0.39, 0.29) is 0 Å². The average molecular weight is 306 g/mol. The molecule has 0 saturated carbocycles. The van der Waals surface area contributed by atoms with Crippen LogP contribution in [-0.4, -0.2) is 0 Å². The zero-order valence-corrected chi connectivity index (χ0v) is 14.3.